The van der Waals surface area contributed by atoms with Crippen LogP contribution in [0.4, 0.5) is 20.2 Å². The SMILES string of the molecule is CC1=NC2=C(C(=O)C[C@H](c3ccccc3)C2)[C@H](c2ccc(N(C)C)cc2)C1C(=O)Nc1ccc(F)cc1F. The molecule has 3 aromatic rings. The van der Waals surface area contributed by atoms with Gasteiger partial charge in [0.05, 0.1) is 11.6 Å². The fourth-order valence-electron chi connectivity index (χ4n) is 5.50. The zero-order chi connectivity index (χ0) is 27.0. The molecule has 2 aliphatic rings. The van der Waals surface area contributed by atoms with Crippen molar-refractivity contribution < 1.29 is 18.4 Å². The molecule has 5 nitrogen and oxygen atoms in total. The van der Waals surface area contributed by atoms with Crippen LogP contribution in [0, 0.1) is 17.6 Å². The van der Waals surface area contributed by atoms with E-state index in [1.54, 1.807) is 6.92 Å². The molecule has 194 valence electrons. The van der Waals surface area contributed by atoms with E-state index >= 15 is 0 Å². The molecule has 1 N–H and O–H groups in total. The van der Waals surface area contributed by atoms with Crippen molar-refractivity contribution in [2.75, 3.05) is 24.3 Å². The van der Waals surface area contributed by atoms with Crippen molar-refractivity contribution in [1.29, 1.82) is 0 Å². The summed E-state index contributed by atoms with van der Waals surface area (Å²) in [5, 5.41) is 2.61. The molecule has 1 aliphatic carbocycles. The van der Waals surface area contributed by atoms with Gasteiger partial charge in [0.1, 0.15) is 11.6 Å². The molecule has 5 rings (SSSR count). The normalized spacial score (nSPS) is 21.0. The summed E-state index contributed by atoms with van der Waals surface area (Å²) in [6.07, 6.45) is 0.917. The predicted octanol–water partition coefficient (Wildman–Crippen LogP) is 6.24. The Labute approximate surface area is 220 Å². The van der Waals surface area contributed by atoms with Crippen LogP contribution in [0.1, 0.15) is 42.7 Å². The number of benzene rings is 3. The van der Waals surface area contributed by atoms with E-state index in [0.717, 1.165) is 28.9 Å². The quantitative estimate of drug-likeness (QED) is 0.439. The molecule has 0 aromatic heterocycles. The number of anilines is 2. The molecule has 38 heavy (non-hydrogen) atoms. The van der Waals surface area contributed by atoms with Crippen LogP contribution < -0.4 is 10.2 Å². The fourth-order valence-corrected chi connectivity index (χ4v) is 5.50. The van der Waals surface area contributed by atoms with Crippen LogP contribution in [0.5, 0.6) is 0 Å². The molecule has 0 bridgehead atoms. The van der Waals surface area contributed by atoms with Crippen molar-refractivity contribution in [1.82, 2.24) is 0 Å². The summed E-state index contributed by atoms with van der Waals surface area (Å²) in [5.74, 6) is -3.53. The first-order valence-electron chi connectivity index (χ1n) is 12.6. The maximum absolute atomic E-state index is 14.4. The van der Waals surface area contributed by atoms with E-state index in [-0.39, 0.29) is 17.4 Å². The second-order valence-electron chi connectivity index (χ2n) is 10.1. The lowest BCUT2D eigenvalue weighted by Crippen LogP contribution is -2.40. The summed E-state index contributed by atoms with van der Waals surface area (Å²) in [5.41, 5.74) is 4.54. The van der Waals surface area contributed by atoms with E-state index in [0.29, 0.717) is 29.8 Å². The van der Waals surface area contributed by atoms with Crippen LogP contribution in [0.2, 0.25) is 0 Å². The Hall–Kier alpha value is -4.13. The van der Waals surface area contributed by atoms with Crippen molar-refractivity contribution in [2.45, 2.75) is 31.6 Å². The molecule has 0 fully saturated rings. The smallest absolute Gasteiger partial charge is 0.234 e. The molecule has 7 heteroatoms. The topological polar surface area (TPSA) is 61.8 Å². The molecule has 0 saturated carbocycles. The molecule has 3 aromatic carbocycles. The Morgan fingerprint density at radius 3 is 2.32 bits per heavy atom. The number of carbonyl (C=O) groups excluding carboxylic acids is 2. The third-order valence-electron chi connectivity index (χ3n) is 7.40. The van der Waals surface area contributed by atoms with Gasteiger partial charge in [0, 0.05) is 55.2 Å². The molecule has 1 heterocycles. The van der Waals surface area contributed by atoms with Crippen molar-refractivity contribution in [2.24, 2.45) is 10.9 Å². The lowest BCUT2D eigenvalue weighted by Gasteiger charge is -2.37. The Kier molecular flexibility index (Phi) is 6.93. The lowest BCUT2D eigenvalue weighted by molar-refractivity contribution is -0.119. The summed E-state index contributed by atoms with van der Waals surface area (Å²) in [6, 6.07) is 20.7. The van der Waals surface area contributed by atoms with Crippen LogP contribution in [-0.2, 0) is 9.59 Å². The van der Waals surface area contributed by atoms with Gasteiger partial charge in [0.25, 0.3) is 0 Å². The van der Waals surface area contributed by atoms with Crippen molar-refractivity contribution in [3.05, 3.63) is 107 Å². The highest BCUT2D eigenvalue weighted by molar-refractivity contribution is 6.13. The first-order chi connectivity index (χ1) is 18.2. The highest BCUT2D eigenvalue weighted by atomic mass is 19.1. The zero-order valence-corrected chi connectivity index (χ0v) is 21.5. The van der Waals surface area contributed by atoms with Crippen molar-refractivity contribution in [3.63, 3.8) is 0 Å². The van der Waals surface area contributed by atoms with Crippen molar-refractivity contribution in [3.8, 4) is 0 Å². The Balaban J connectivity index is 1.56. The summed E-state index contributed by atoms with van der Waals surface area (Å²) in [6.45, 7) is 1.77. The van der Waals surface area contributed by atoms with Crippen LogP contribution >= 0.6 is 0 Å². The summed E-state index contributed by atoms with van der Waals surface area (Å²) < 4.78 is 27.8. The van der Waals surface area contributed by atoms with Crippen molar-refractivity contribution >= 4 is 28.8 Å². The molecule has 1 unspecified atom stereocenters. The lowest BCUT2D eigenvalue weighted by atomic mass is 9.69. The van der Waals surface area contributed by atoms with Gasteiger partial charge in [-0.3, -0.25) is 14.6 Å². The Morgan fingerprint density at radius 1 is 0.947 bits per heavy atom. The zero-order valence-electron chi connectivity index (χ0n) is 21.5. The van der Waals surface area contributed by atoms with Gasteiger partial charge in [-0.2, -0.15) is 0 Å². The number of carbonyl (C=O) groups is 2. The predicted molar refractivity (Wildman–Crippen MR) is 146 cm³/mol. The minimum absolute atomic E-state index is 0.00875. The molecule has 0 radical (unpaired) electrons. The Bertz CT molecular complexity index is 1450. The number of Topliss-reactive ketones (excluding diaryl/α,β-unsaturated/α-hetero) is 1. The van der Waals surface area contributed by atoms with Crippen LogP contribution in [-0.4, -0.2) is 31.5 Å². The third-order valence-corrected chi connectivity index (χ3v) is 7.40. The van der Waals surface area contributed by atoms with Gasteiger partial charge in [-0.15, -0.1) is 0 Å². The van der Waals surface area contributed by atoms with Crippen LogP contribution in [0.15, 0.2) is 89.1 Å². The van der Waals surface area contributed by atoms with Gasteiger partial charge >= 0.3 is 0 Å². The second-order valence-corrected chi connectivity index (χ2v) is 10.1. The number of nitrogens with one attached hydrogen (secondary N) is 1. The Morgan fingerprint density at radius 2 is 1.66 bits per heavy atom. The maximum Gasteiger partial charge on any atom is 0.234 e. The number of aliphatic imine (C=N–C) groups is 1. The second kappa shape index (κ2) is 10.3. The van der Waals surface area contributed by atoms with Gasteiger partial charge in [-0.25, -0.2) is 8.78 Å². The van der Waals surface area contributed by atoms with E-state index in [1.165, 1.54) is 6.07 Å². The van der Waals surface area contributed by atoms with E-state index in [4.69, 9.17) is 4.99 Å². The molecule has 3 atom stereocenters. The van der Waals surface area contributed by atoms with Gasteiger partial charge in [0.2, 0.25) is 5.91 Å². The number of rotatable bonds is 5. The first-order valence-corrected chi connectivity index (χ1v) is 12.6. The average molecular weight is 514 g/mol. The van der Waals surface area contributed by atoms with Gasteiger partial charge in [-0.1, -0.05) is 42.5 Å². The highest BCUT2D eigenvalue weighted by Crippen LogP contribution is 2.47. The number of allylic oxidation sites excluding steroid dienone is 2. The molecule has 1 amide bonds. The summed E-state index contributed by atoms with van der Waals surface area (Å²) in [7, 11) is 3.88. The number of ketones is 1. The van der Waals surface area contributed by atoms with Gasteiger partial charge in [0.15, 0.2) is 5.78 Å². The minimum Gasteiger partial charge on any atom is -0.378 e. The first kappa shape index (κ1) is 25.5. The summed E-state index contributed by atoms with van der Waals surface area (Å²) >= 11 is 0. The van der Waals surface area contributed by atoms with Crippen LogP contribution in [0.25, 0.3) is 0 Å². The van der Waals surface area contributed by atoms with Gasteiger partial charge < -0.3 is 10.2 Å². The minimum atomic E-state index is -0.866. The van der Waals surface area contributed by atoms with E-state index < -0.39 is 29.4 Å². The average Bonchev–Trinajstić information content (AvgIpc) is 2.90. The number of amides is 1. The third kappa shape index (κ3) is 4.88. The highest BCUT2D eigenvalue weighted by Gasteiger charge is 2.44. The van der Waals surface area contributed by atoms with Gasteiger partial charge in [-0.05, 0) is 54.7 Å². The number of halogens is 2. The molecule has 1 aliphatic heterocycles. The van der Waals surface area contributed by atoms with E-state index in [9.17, 15) is 18.4 Å². The molecule has 0 saturated heterocycles. The fraction of sp³-hybridized carbons (Fsp3) is 0.258. The largest absolute Gasteiger partial charge is 0.378 e. The maximum atomic E-state index is 14.4. The standard InChI is InChI=1S/C31H29F2N3O2/c1-18-28(31(38)35-25-14-11-22(32)17-24(25)33)29(20-9-12-23(13-10-20)36(2)3)30-26(34-18)15-21(16-27(30)37)19-7-5-4-6-8-19/h4-14,17,21,28-29H,15-16H2,1-3H3,(H,35,38)/t21-,28?,29-/m1/s1. The van der Waals surface area contributed by atoms with E-state index in [2.05, 4.69) is 5.32 Å². The molecular weight excluding hydrogens is 484 g/mol. The number of hydrogen-bond acceptors (Lipinski definition) is 4. The van der Waals surface area contributed by atoms with E-state index in [1.807, 2.05) is 73.6 Å². The number of hydrogen-bond donors (Lipinski definition) is 1. The molecular formula is C31H29F2N3O2. The number of nitrogens with zero attached hydrogens (tertiary/aromatic N) is 2. The summed E-state index contributed by atoms with van der Waals surface area (Å²) in [4.78, 5) is 34.1. The monoisotopic (exact) mass is 513 g/mol. The molecule has 0 spiro atoms. The van der Waals surface area contributed by atoms with Crippen LogP contribution in [0.3, 0.4) is 0 Å².